The molecule has 0 aromatic heterocycles. The maximum Gasteiger partial charge on any atom is 0.251 e. The average molecular weight is 412 g/mol. The molecule has 2 fully saturated rings. The lowest BCUT2D eigenvalue weighted by Crippen LogP contribution is -2.41. The van der Waals surface area contributed by atoms with Crippen LogP contribution < -0.4 is 5.32 Å². The molecule has 30 heavy (non-hydrogen) atoms. The zero-order valence-electron chi connectivity index (χ0n) is 16.4. The van der Waals surface area contributed by atoms with Crippen LogP contribution in [0.5, 0.6) is 0 Å². The lowest BCUT2D eigenvalue weighted by Gasteiger charge is -2.17. The Morgan fingerprint density at radius 3 is 2.50 bits per heavy atom. The number of likely N-dealkylation sites (tertiary alicyclic amines) is 1. The summed E-state index contributed by atoms with van der Waals surface area (Å²) in [6.45, 7) is 1.38. The molecule has 3 aromatic rings. The topological polar surface area (TPSA) is 56.1 Å². The number of fused-ring (bicyclic) bond motifs is 1. The Bertz CT molecular complexity index is 1120. The normalized spacial score (nSPS) is 21.6. The molecule has 1 aliphatic heterocycles. The maximum absolute atomic E-state index is 12.8. The lowest BCUT2D eigenvalue weighted by molar-refractivity contribution is 0.0929. The predicted octanol–water partition coefficient (Wildman–Crippen LogP) is 4.79. The average Bonchev–Trinajstić information content (AvgIpc) is 3.33. The number of carbonyl (C=O) groups is 1. The molecule has 1 saturated carbocycles. The van der Waals surface area contributed by atoms with Crippen molar-refractivity contribution in [1.29, 1.82) is 5.26 Å². The molecule has 1 aliphatic carbocycles. The van der Waals surface area contributed by atoms with E-state index in [1.807, 2.05) is 54.6 Å². The smallest absolute Gasteiger partial charge is 0.251 e. The van der Waals surface area contributed by atoms with E-state index < -0.39 is 0 Å². The van der Waals surface area contributed by atoms with Crippen LogP contribution >= 0.6 is 11.8 Å². The number of amides is 1. The number of hydrogen-bond acceptors (Lipinski definition) is 4. The fourth-order valence-corrected chi connectivity index (χ4v) is 5.25. The van der Waals surface area contributed by atoms with Gasteiger partial charge in [0.15, 0.2) is 6.19 Å². The van der Waals surface area contributed by atoms with E-state index in [1.54, 1.807) is 16.7 Å². The Morgan fingerprint density at radius 2 is 1.77 bits per heavy atom. The largest absolute Gasteiger partial charge is 0.344 e. The van der Waals surface area contributed by atoms with Crippen molar-refractivity contribution in [2.45, 2.75) is 21.8 Å². The van der Waals surface area contributed by atoms with Gasteiger partial charge in [-0.3, -0.25) is 4.79 Å². The second-order valence-corrected chi connectivity index (χ2v) is 9.10. The number of nitriles is 1. The van der Waals surface area contributed by atoms with Gasteiger partial charge in [0.25, 0.3) is 5.91 Å². The number of hydrogen-bond donors (Lipinski definition) is 1. The summed E-state index contributed by atoms with van der Waals surface area (Å²) in [7, 11) is 0. The monoisotopic (exact) mass is 411 g/mol. The molecular weight excluding hydrogens is 390 g/mol. The summed E-state index contributed by atoms with van der Waals surface area (Å²) in [5.41, 5.74) is 2.69. The van der Waals surface area contributed by atoms with Gasteiger partial charge < -0.3 is 10.2 Å². The Hall–Kier alpha value is -3.23. The van der Waals surface area contributed by atoms with Gasteiger partial charge >= 0.3 is 0 Å². The van der Waals surface area contributed by atoms with Crippen LogP contribution in [-0.4, -0.2) is 29.4 Å². The third-order valence-corrected chi connectivity index (χ3v) is 7.05. The summed E-state index contributed by atoms with van der Waals surface area (Å²) in [6, 6.07) is 26.5. The summed E-state index contributed by atoms with van der Waals surface area (Å²) in [6.07, 6.45) is 3.16. The van der Waals surface area contributed by atoms with Gasteiger partial charge in [0.2, 0.25) is 0 Å². The number of piperidine rings is 1. The quantitative estimate of drug-likeness (QED) is 0.614. The highest BCUT2D eigenvalue weighted by molar-refractivity contribution is 7.99. The van der Waals surface area contributed by atoms with Crippen LogP contribution in [0.1, 0.15) is 16.8 Å². The molecule has 0 spiro atoms. The van der Waals surface area contributed by atoms with Crippen LogP contribution in [0, 0.1) is 17.4 Å². The molecule has 3 aromatic carbocycles. The number of nitrogens with one attached hydrogen (secondary N) is 1. The van der Waals surface area contributed by atoms with Crippen LogP contribution in [0.2, 0.25) is 0 Å². The van der Waals surface area contributed by atoms with E-state index in [0.717, 1.165) is 24.1 Å². The Labute approximate surface area is 180 Å². The van der Waals surface area contributed by atoms with Crippen molar-refractivity contribution in [2.75, 3.05) is 13.1 Å². The van der Waals surface area contributed by atoms with Gasteiger partial charge in [-0.25, -0.2) is 0 Å². The molecule has 1 saturated heterocycles. The van der Waals surface area contributed by atoms with E-state index >= 15 is 0 Å². The molecule has 2 atom stereocenters. The van der Waals surface area contributed by atoms with Gasteiger partial charge in [0.05, 0.1) is 12.1 Å². The molecule has 148 valence electrons. The molecule has 5 heteroatoms. The number of nitrogens with zero attached hydrogens (tertiary/aromatic N) is 2. The molecule has 2 aliphatic rings. The summed E-state index contributed by atoms with van der Waals surface area (Å²) in [5.74, 6) is 0.345. The summed E-state index contributed by atoms with van der Waals surface area (Å²) < 4.78 is 0. The highest BCUT2D eigenvalue weighted by Crippen LogP contribution is 2.49. The van der Waals surface area contributed by atoms with E-state index in [4.69, 9.17) is 5.26 Å². The second-order valence-electron chi connectivity index (χ2n) is 7.98. The van der Waals surface area contributed by atoms with Gasteiger partial charge in [-0.05, 0) is 47.9 Å². The fourth-order valence-electron chi connectivity index (χ4n) is 4.26. The first-order valence-electron chi connectivity index (χ1n) is 10.1. The van der Waals surface area contributed by atoms with E-state index in [2.05, 4.69) is 35.8 Å². The third kappa shape index (κ3) is 3.55. The first-order valence-corrected chi connectivity index (χ1v) is 10.9. The van der Waals surface area contributed by atoms with E-state index in [0.29, 0.717) is 18.0 Å². The lowest BCUT2D eigenvalue weighted by atomic mass is 10.0. The summed E-state index contributed by atoms with van der Waals surface area (Å²) in [4.78, 5) is 16.9. The molecule has 1 amide bonds. The molecule has 1 heterocycles. The van der Waals surface area contributed by atoms with Gasteiger partial charge in [0, 0.05) is 27.8 Å². The van der Waals surface area contributed by atoms with Crippen LogP contribution in [0.3, 0.4) is 0 Å². The minimum atomic E-state index is -0.204. The van der Waals surface area contributed by atoms with Gasteiger partial charge in [-0.15, -0.1) is 0 Å². The number of benzene rings is 3. The molecule has 0 radical (unpaired) electrons. The highest BCUT2D eigenvalue weighted by atomic mass is 32.2. The van der Waals surface area contributed by atoms with Crippen molar-refractivity contribution in [3.8, 4) is 17.3 Å². The van der Waals surface area contributed by atoms with Crippen molar-refractivity contribution in [3.63, 3.8) is 0 Å². The van der Waals surface area contributed by atoms with E-state index in [-0.39, 0.29) is 11.4 Å². The van der Waals surface area contributed by atoms with Crippen molar-refractivity contribution in [2.24, 2.45) is 5.92 Å². The zero-order valence-corrected chi connectivity index (χ0v) is 17.2. The summed E-state index contributed by atoms with van der Waals surface area (Å²) in [5, 5.41) is 12.3. The van der Waals surface area contributed by atoms with Gasteiger partial charge in [0.1, 0.15) is 0 Å². The van der Waals surface area contributed by atoms with E-state index in [9.17, 15) is 4.79 Å². The van der Waals surface area contributed by atoms with Crippen LogP contribution in [0.4, 0.5) is 0 Å². The molecule has 4 nitrogen and oxygen atoms in total. The SMILES string of the molecule is N#CN1CC2C[C@]2(NC(=O)c2ccc(-c3ccccc3Sc3ccccc3)cc2)C1. The highest BCUT2D eigenvalue weighted by Gasteiger charge is 2.61. The van der Waals surface area contributed by atoms with Gasteiger partial charge in [-0.1, -0.05) is 60.3 Å². The maximum atomic E-state index is 12.8. The van der Waals surface area contributed by atoms with Crippen LogP contribution in [0.25, 0.3) is 11.1 Å². The van der Waals surface area contributed by atoms with Crippen molar-refractivity contribution in [1.82, 2.24) is 10.2 Å². The van der Waals surface area contributed by atoms with Crippen molar-refractivity contribution in [3.05, 3.63) is 84.4 Å². The standard InChI is InChI=1S/C25H21N3OS/c26-17-28-15-20-14-25(20,16-28)27-24(29)19-12-10-18(11-13-19)22-8-4-5-9-23(22)30-21-6-2-1-3-7-21/h1-13,20H,14-16H2,(H,27,29)/t20?,25-/m0/s1. The minimum absolute atomic E-state index is 0.0595. The molecule has 0 bridgehead atoms. The number of carbonyl (C=O) groups excluding carboxylic acids is 1. The molecule has 5 rings (SSSR count). The number of rotatable bonds is 5. The minimum Gasteiger partial charge on any atom is -0.344 e. The molecular formula is C25H21N3OS. The Kier molecular flexibility index (Phi) is 4.72. The van der Waals surface area contributed by atoms with Crippen LogP contribution in [0.15, 0.2) is 88.7 Å². The second kappa shape index (κ2) is 7.55. The van der Waals surface area contributed by atoms with Crippen molar-refractivity contribution < 1.29 is 4.79 Å². The van der Waals surface area contributed by atoms with E-state index in [1.165, 1.54) is 9.79 Å². The Morgan fingerprint density at radius 1 is 1.03 bits per heavy atom. The van der Waals surface area contributed by atoms with Crippen molar-refractivity contribution >= 4 is 17.7 Å². The zero-order chi connectivity index (χ0) is 20.6. The van der Waals surface area contributed by atoms with Crippen LogP contribution in [-0.2, 0) is 0 Å². The molecule has 1 N–H and O–H groups in total. The third-order valence-electron chi connectivity index (χ3n) is 5.97. The summed E-state index contributed by atoms with van der Waals surface area (Å²) >= 11 is 1.74. The first-order chi connectivity index (χ1) is 14.7. The molecule has 1 unspecified atom stereocenters. The van der Waals surface area contributed by atoms with Gasteiger partial charge in [-0.2, -0.15) is 5.26 Å². The predicted molar refractivity (Wildman–Crippen MR) is 118 cm³/mol. The Balaban J connectivity index is 1.32. The fraction of sp³-hybridized carbons (Fsp3) is 0.200. The first kappa shape index (κ1) is 18.8.